The molecule has 7 heteroatoms. The van der Waals surface area contributed by atoms with Gasteiger partial charge < -0.3 is 0 Å². The fourth-order valence-corrected chi connectivity index (χ4v) is 2.82. The number of hydrogen-bond acceptors (Lipinski definition) is 4. The second-order valence-electron chi connectivity index (χ2n) is 5.20. The van der Waals surface area contributed by atoms with E-state index in [4.69, 9.17) is 0 Å². The maximum Gasteiger partial charge on any atom is 0.247 e. The molecule has 0 aliphatic heterocycles. The van der Waals surface area contributed by atoms with Gasteiger partial charge in [0.25, 0.3) is 0 Å². The highest BCUT2D eigenvalue weighted by atomic mass is 79.9. The third kappa shape index (κ3) is 4.00. The summed E-state index contributed by atoms with van der Waals surface area (Å²) >= 11 is 3.35. The summed E-state index contributed by atoms with van der Waals surface area (Å²) in [6, 6.07) is 9.06. The quantitative estimate of drug-likeness (QED) is 0.601. The summed E-state index contributed by atoms with van der Waals surface area (Å²) in [4.78, 5) is 22.9. The van der Waals surface area contributed by atoms with Crippen LogP contribution >= 0.6 is 15.9 Å². The van der Waals surface area contributed by atoms with Crippen LogP contribution in [0.4, 0.5) is 0 Å². The molecular formula is C15H16BrN3O3. The lowest BCUT2D eigenvalue weighted by Gasteiger charge is -2.13. The topological polar surface area (TPSA) is 78.0 Å². The number of carbonyl (C=O) groups is 1. The molecule has 0 amide bonds. The van der Waals surface area contributed by atoms with E-state index >= 15 is 0 Å². The Labute approximate surface area is 136 Å². The van der Waals surface area contributed by atoms with Gasteiger partial charge in [0.1, 0.15) is 0 Å². The van der Waals surface area contributed by atoms with E-state index in [1.807, 2.05) is 12.1 Å². The highest BCUT2D eigenvalue weighted by molar-refractivity contribution is 9.10. The summed E-state index contributed by atoms with van der Waals surface area (Å²) in [7, 11) is 0. The fourth-order valence-electron chi connectivity index (χ4n) is 2.41. The van der Waals surface area contributed by atoms with Crippen molar-refractivity contribution in [3.63, 3.8) is 0 Å². The Morgan fingerprint density at radius 3 is 2.68 bits per heavy atom. The smallest absolute Gasteiger partial charge is 0.247 e. The molecule has 0 saturated heterocycles. The van der Waals surface area contributed by atoms with Crippen molar-refractivity contribution >= 4 is 21.8 Å². The Morgan fingerprint density at radius 2 is 2.14 bits per heavy atom. The highest BCUT2D eigenvalue weighted by Gasteiger charge is 2.23. The summed E-state index contributed by atoms with van der Waals surface area (Å²) in [6.07, 6.45) is 0.0411. The zero-order valence-corrected chi connectivity index (χ0v) is 13.9. The normalized spacial score (nSPS) is 12.1. The van der Waals surface area contributed by atoms with E-state index in [-0.39, 0.29) is 23.8 Å². The van der Waals surface area contributed by atoms with Crippen LogP contribution in [-0.4, -0.2) is 27.2 Å². The van der Waals surface area contributed by atoms with Gasteiger partial charge in [-0.1, -0.05) is 28.1 Å². The summed E-state index contributed by atoms with van der Waals surface area (Å²) in [5.74, 6) is -0.721. The van der Waals surface area contributed by atoms with E-state index in [2.05, 4.69) is 21.0 Å². The molecule has 116 valence electrons. The van der Waals surface area contributed by atoms with Crippen LogP contribution in [0.2, 0.25) is 0 Å². The van der Waals surface area contributed by atoms with Crippen molar-refractivity contribution in [1.29, 1.82) is 0 Å². The predicted octanol–water partition coefficient (Wildman–Crippen LogP) is 3.35. The zero-order chi connectivity index (χ0) is 16.3. The van der Waals surface area contributed by atoms with Crippen molar-refractivity contribution in [2.45, 2.75) is 26.2 Å². The predicted molar refractivity (Wildman–Crippen MR) is 85.7 cm³/mol. The van der Waals surface area contributed by atoms with E-state index in [0.717, 1.165) is 21.4 Å². The Morgan fingerprint density at radius 1 is 1.41 bits per heavy atom. The molecule has 0 radical (unpaired) electrons. The molecule has 6 nitrogen and oxygen atoms in total. The van der Waals surface area contributed by atoms with Gasteiger partial charge in [-0.15, -0.1) is 0 Å². The van der Waals surface area contributed by atoms with Gasteiger partial charge in [-0.2, -0.15) is 5.10 Å². The molecule has 0 N–H and O–H groups in total. The number of halogens is 1. The Bertz CT molecular complexity index is 712. The van der Waals surface area contributed by atoms with Crippen LogP contribution in [0.5, 0.6) is 0 Å². The molecule has 0 fully saturated rings. The number of rotatable bonds is 5. The van der Waals surface area contributed by atoms with Crippen molar-refractivity contribution < 1.29 is 9.72 Å². The number of nitrogens with zero attached hydrogens (tertiary/aromatic N) is 3. The van der Waals surface area contributed by atoms with E-state index < -0.39 is 5.92 Å². The summed E-state index contributed by atoms with van der Waals surface area (Å²) in [6.45, 7) is 3.31. The molecule has 1 heterocycles. The molecule has 1 unspecified atom stereocenters. The number of benzene rings is 1. The zero-order valence-electron chi connectivity index (χ0n) is 12.3. The van der Waals surface area contributed by atoms with Gasteiger partial charge in [0.05, 0.1) is 11.6 Å². The Balaban J connectivity index is 2.25. The first-order chi connectivity index (χ1) is 10.4. The van der Waals surface area contributed by atoms with Crippen molar-refractivity contribution in [3.05, 3.63) is 61.9 Å². The van der Waals surface area contributed by atoms with Gasteiger partial charge >= 0.3 is 0 Å². The standard InChI is InChI=1S/C15H16BrN3O3/c1-10-6-11(2)19(17-10)15(20)8-13(9-18(21)22)12-4-3-5-14(16)7-12/h3-7,13H,8-9H2,1-2H3. The molecule has 0 spiro atoms. The molecule has 1 atom stereocenters. The number of nitro groups is 1. The van der Waals surface area contributed by atoms with Crippen LogP contribution in [0.15, 0.2) is 34.8 Å². The molecule has 0 bridgehead atoms. The SMILES string of the molecule is Cc1cc(C)n(C(=O)CC(C[N+](=O)[O-])c2cccc(Br)c2)n1. The minimum atomic E-state index is -0.482. The lowest BCUT2D eigenvalue weighted by Crippen LogP contribution is -2.21. The second-order valence-corrected chi connectivity index (χ2v) is 6.12. The lowest BCUT2D eigenvalue weighted by molar-refractivity contribution is -0.483. The van der Waals surface area contributed by atoms with E-state index in [0.29, 0.717) is 0 Å². The van der Waals surface area contributed by atoms with Crippen LogP contribution in [0.25, 0.3) is 0 Å². The summed E-state index contributed by atoms with van der Waals surface area (Å²) in [5, 5.41) is 15.1. The van der Waals surface area contributed by atoms with Gasteiger partial charge in [-0.3, -0.25) is 14.9 Å². The maximum absolute atomic E-state index is 12.4. The number of aryl methyl sites for hydroxylation is 2. The molecule has 1 aromatic heterocycles. The molecular weight excluding hydrogens is 350 g/mol. The average Bonchev–Trinajstić information content (AvgIpc) is 2.76. The average molecular weight is 366 g/mol. The van der Waals surface area contributed by atoms with Gasteiger partial charge in [0.2, 0.25) is 12.5 Å². The molecule has 2 aromatic rings. The van der Waals surface area contributed by atoms with Crippen molar-refractivity contribution in [2.24, 2.45) is 0 Å². The van der Waals surface area contributed by atoms with Gasteiger partial charge in [0, 0.05) is 21.5 Å². The molecule has 0 saturated carbocycles. The largest absolute Gasteiger partial charge is 0.273 e. The van der Waals surface area contributed by atoms with Gasteiger partial charge in [0.15, 0.2) is 0 Å². The van der Waals surface area contributed by atoms with Crippen LogP contribution in [-0.2, 0) is 0 Å². The summed E-state index contributed by atoms with van der Waals surface area (Å²) < 4.78 is 2.15. The fraction of sp³-hybridized carbons (Fsp3) is 0.333. The lowest BCUT2D eigenvalue weighted by atomic mass is 9.95. The van der Waals surface area contributed by atoms with E-state index in [9.17, 15) is 14.9 Å². The van der Waals surface area contributed by atoms with E-state index in [1.165, 1.54) is 4.68 Å². The van der Waals surface area contributed by atoms with Crippen molar-refractivity contribution in [1.82, 2.24) is 9.78 Å². The first kappa shape index (κ1) is 16.4. The Hall–Kier alpha value is -2.02. The number of hydrogen-bond donors (Lipinski definition) is 0. The van der Waals surface area contributed by atoms with E-state index in [1.54, 1.807) is 32.0 Å². The number of aromatic nitrogens is 2. The molecule has 0 aliphatic rings. The molecule has 22 heavy (non-hydrogen) atoms. The van der Waals surface area contributed by atoms with Crippen molar-refractivity contribution in [2.75, 3.05) is 6.54 Å². The minimum absolute atomic E-state index is 0.0411. The van der Waals surface area contributed by atoms with Crippen LogP contribution < -0.4 is 0 Å². The first-order valence-electron chi connectivity index (χ1n) is 6.80. The minimum Gasteiger partial charge on any atom is -0.273 e. The monoisotopic (exact) mass is 365 g/mol. The molecule has 2 rings (SSSR count). The number of carbonyl (C=O) groups excluding carboxylic acids is 1. The molecule has 0 aliphatic carbocycles. The van der Waals surface area contributed by atoms with Gasteiger partial charge in [-0.25, -0.2) is 4.68 Å². The van der Waals surface area contributed by atoms with Crippen molar-refractivity contribution in [3.8, 4) is 0 Å². The van der Waals surface area contributed by atoms with Gasteiger partial charge in [-0.05, 0) is 37.6 Å². The Kier molecular flexibility index (Phi) is 5.07. The highest BCUT2D eigenvalue weighted by Crippen LogP contribution is 2.24. The summed E-state index contributed by atoms with van der Waals surface area (Å²) in [5.41, 5.74) is 2.25. The van der Waals surface area contributed by atoms with Crippen LogP contribution in [0.1, 0.15) is 34.1 Å². The van der Waals surface area contributed by atoms with Crippen LogP contribution in [0, 0.1) is 24.0 Å². The first-order valence-corrected chi connectivity index (χ1v) is 7.60. The van der Waals surface area contributed by atoms with Crippen LogP contribution in [0.3, 0.4) is 0 Å². The maximum atomic E-state index is 12.4. The second kappa shape index (κ2) is 6.83. The molecule has 1 aromatic carbocycles. The third-order valence-electron chi connectivity index (χ3n) is 3.36. The third-order valence-corrected chi connectivity index (χ3v) is 3.85.